The van der Waals surface area contributed by atoms with Gasteiger partial charge in [0.2, 0.25) is 0 Å². The van der Waals surface area contributed by atoms with Crippen LogP contribution >= 0.6 is 22.9 Å². The van der Waals surface area contributed by atoms with Gasteiger partial charge in [0.1, 0.15) is 11.0 Å². The molecule has 33 heavy (non-hydrogen) atoms. The number of nitrogens with one attached hydrogen (secondary N) is 1. The Morgan fingerprint density at radius 2 is 2.00 bits per heavy atom. The molecule has 7 nitrogen and oxygen atoms in total. The van der Waals surface area contributed by atoms with Crippen molar-refractivity contribution in [3.05, 3.63) is 21.6 Å². The highest BCUT2D eigenvalue weighted by atomic mass is 32.1. The zero-order valence-corrected chi connectivity index (χ0v) is 21.2. The number of carboxylic acids is 1. The topological polar surface area (TPSA) is 87.6 Å². The number of likely N-dealkylation sites (tertiary alicyclic amines) is 1. The monoisotopic (exact) mass is 488 g/mol. The third-order valence-electron chi connectivity index (χ3n) is 5.80. The zero-order valence-electron chi connectivity index (χ0n) is 19.5. The molecule has 2 aromatic heterocycles. The van der Waals surface area contributed by atoms with E-state index in [9.17, 15) is 9.90 Å². The molecule has 1 saturated carbocycles. The predicted molar refractivity (Wildman–Crippen MR) is 132 cm³/mol. The predicted octanol–water partition coefficient (Wildman–Crippen LogP) is 5.09. The van der Waals surface area contributed by atoms with E-state index in [1.54, 1.807) is 0 Å². The molecule has 0 aromatic carbocycles. The molecular weight excluding hydrogens is 456 g/mol. The molecule has 1 aliphatic heterocycles. The molecule has 2 fully saturated rings. The van der Waals surface area contributed by atoms with Crippen LogP contribution < -0.4 is 10.1 Å². The molecule has 2 N–H and O–H groups in total. The molecule has 2 aliphatic rings. The van der Waals surface area contributed by atoms with E-state index in [1.807, 2.05) is 26.8 Å². The minimum Gasteiger partial charge on any atom is -0.477 e. The van der Waals surface area contributed by atoms with Gasteiger partial charge in [-0.25, -0.2) is 4.79 Å². The summed E-state index contributed by atoms with van der Waals surface area (Å²) in [5.74, 6) is 6.25. The fourth-order valence-electron chi connectivity index (χ4n) is 4.15. The highest BCUT2D eigenvalue weighted by Gasteiger charge is 2.26. The Bertz CT molecular complexity index is 1020. The number of aromatic carboxylic acids is 1. The number of anilines is 1. The van der Waals surface area contributed by atoms with Crippen LogP contribution in [0, 0.1) is 17.3 Å². The van der Waals surface area contributed by atoms with Gasteiger partial charge in [-0.15, -0.1) is 11.3 Å². The molecule has 178 valence electrons. The molecule has 0 spiro atoms. The molecule has 3 heterocycles. The highest BCUT2D eigenvalue weighted by Crippen LogP contribution is 2.32. The van der Waals surface area contributed by atoms with Crippen molar-refractivity contribution in [1.82, 2.24) is 14.3 Å². The summed E-state index contributed by atoms with van der Waals surface area (Å²) in [6, 6.07) is 2.10. The Balaban J connectivity index is 1.29. The Morgan fingerprint density at radius 3 is 2.67 bits per heavy atom. The maximum Gasteiger partial charge on any atom is 0.348 e. The summed E-state index contributed by atoms with van der Waals surface area (Å²) in [5.41, 5.74) is 0.548. The number of hydrogen-bond donors (Lipinski definition) is 2. The summed E-state index contributed by atoms with van der Waals surface area (Å²) in [6.07, 6.45) is 6.30. The summed E-state index contributed by atoms with van der Waals surface area (Å²) in [5, 5.41) is 13.7. The molecular formula is C24H32N4O3S2. The summed E-state index contributed by atoms with van der Waals surface area (Å²) < 4.78 is 10.6. The van der Waals surface area contributed by atoms with E-state index in [0.717, 1.165) is 56.0 Å². The maximum absolute atomic E-state index is 11.7. The first-order valence-corrected chi connectivity index (χ1v) is 13.2. The molecule has 9 heteroatoms. The second-order valence-corrected chi connectivity index (χ2v) is 11.6. The first-order valence-electron chi connectivity index (χ1n) is 11.6. The minimum absolute atomic E-state index is 0.124. The molecule has 0 atom stereocenters. The van der Waals surface area contributed by atoms with Crippen LogP contribution in [0.2, 0.25) is 0 Å². The third-order valence-corrected chi connectivity index (χ3v) is 7.49. The van der Waals surface area contributed by atoms with Crippen LogP contribution in [0.4, 0.5) is 5.69 Å². The Kier molecular flexibility index (Phi) is 7.57. The summed E-state index contributed by atoms with van der Waals surface area (Å²) >= 11 is 2.58. The number of thiophene rings is 1. The van der Waals surface area contributed by atoms with Crippen LogP contribution in [0.15, 0.2) is 6.07 Å². The SMILES string of the molecule is CC(C)(C)C#Cc1cc(N[C@H]2CC[C@H](Oc3nc(CN4CCCC4)ns3)CC2)c(C(=O)O)s1. The molecule has 1 aliphatic carbocycles. The van der Waals surface area contributed by atoms with Crippen molar-refractivity contribution in [2.24, 2.45) is 5.41 Å². The molecule has 0 unspecified atom stereocenters. The molecule has 2 aromatic rings. The van der Waals surface area contributed by atoms with E-state index in [1.165, 1.54) is 35.7 Å². The number of carbonyl (C=O) groups is 1. The standard InChI is InChI=1S/C24H32N4O3S2/c1-24(2,3)11-10-18-14-19(21(32-18)22(29)30)25-16-6-8-17(9-7-16)31-23-26-20(27-33-23)15-28-12-4-5-13-28/h14,16-17,25H,4-9,12-13,15H2,1-3H3,(H,29,30)/t16-,17-. The van der Waals surface area contributed by atoms with Crippen molar-refractivity contribution in [2.45, 2.75) is 78.0 Å². The molecule has 4 rings (SSSR count). The van der Waals surface area contributed by atoms with Crippen molar-refractivity contribution in [3.63, 3.8) is 0 Å². The van der Waals surface area contributed by atoms with Gasteiger partial charge in [-0.3, -0.25) is 4.90 Å². The van der Waals surface area contributed by atoms with Gasteiger partial charge in [-0.1, -0.05) is 11.8 Å². The van der Waals surface area contributed by atoms with Crippen molar-refractivity contribution < 1.29 is 14.6 Å². The van der Waals surface area contributed by atoms with Gasteiger partial charge in [0.05, 0.1) is 17.1 Å². The number of rotatable bonds is 7. The lowest BCUT2D eigenvalue weighted by Gasteiger charge is -2.29. The summed E-state index contributed by atoms with van der Waals surface area (Å²) in [4.78, 5) is 19.8. The lowest BCUT2D eigenvalue weighted by molar-refractivity contribution is 0.0703. The fourth-order valence-corrected chi connectivity index (χ4v) is 5.57. The van der Waals surface area contributed by atoms with Crippen LogP contribution in [0.3, 0.4) is 0 Å². The number of carboxylic acid groups (broad SMARTS) is 1. The van der Waals surface area contributed by atoms with Gasteiger partial charge < -0.3 is 15.2 Å². The van der Waals surface area contributed by atoms with Gasteiger partial charge >= 0.3 is 5.97 Å². The highest BCUT2D eigenvalue weighted by molar-refractivity contribution is 7.15. The number of aromatic nitrogens is 2. The van der Waals surface area contributed by atoms with Gasteiger partial charge in [0, 0.05) is 23.0 Å². The fraction of sp³-hybridized carbons (Fsp3) is 0.625. The van der Waals surface area contributed by atoms with E-state index in [4.69, 9.17) is 4.74 Å². The van der Waals surface area contributed by atoms with Crippen LogP contribution in [-0.2, 0) is 6.54 Å². The lowest BCUT2D eigenvalue weighted by atomic mass is 9.93. The number of ether oxygens (including phenoxy) is 1. The second kappa shape index (κ2) is 10.4. The molecule has 0 radical (unpaired) electrons. The Morgan fingerprint density at radius 1 is 1.27 bits per heavy atom. The van der Waals surface area contributed by atoms with Crippen LogP contribution in [-0.4, -0.2) is 50.6 Å². The van der Waals surface area contributed by atoms with Crippen LogP contribution in [0.5, 0.6) is 5.19 Å². The largest absolute Gasteiger partial charge is 0.477 e. The first kappa shape index (κ1) is 24.0. The van der Waals surface area contributed by atoms with Gasteiger partial charge in [0.15, 0.2) is 5.82 Å². The quantitative estimate of drug-likeness (QED) is 0.525. The van der Waals surface area contributed by atoms with Crippen molar-refractivity contribution >= 4 is 34.5 Å². The lowest BCUT2D eigenvalue weighted by Crippen LogP contribution is -2.31. The van der Waals surface area contributed by atoms with Crippen molar-refractivity contribution in [2.75, 3.05) is 18.4 Å². The maximum atomic E-state index is 11.7. The van der Waals surface area contributed by atoms with E-state index in [0.29, 0.717) is 15.8 Å². The average Bonchev–Trinajstić information content (AvgIpc) is 3.50. The smallest absolute Gasteiger partial charge is 0.348 e. The zero-order chi connectivity index (χ0) is 23.4. The van der Waals surface area contributed by atoms with Crippen molar-refractivity contribution in [3.8, 4) is 17.0 Å². The van der Waals surface area contributed by atoms with E-state index < -0.39 is 5.97 Å². The number of nitrogens with zero attached hydrogens (tertiary/aromatic N) is 3. The molecule has 0 amide bonds. The van der Waals surface area contributed by atoms with Gasteiger partial charge in [-0.2, -0.15) is 9.36 Å². The van der Waals surface area contributed by atoms with Crippen molar-refractivity contribution in [1.29, 1.82) is 0 Å². The molecule has 0 bridgehead atoms. The van der Waals surface area contributed by atoms with E-state index in [2.05, 4.69) is 31.4 Å². The summed E-state index contributed by atoms with van der Waals surface area (Å²) in [7, 11) is 0. The minimum atomic E-state index is -0.913. The van der Waals surface area contributed by atoms with Crippen LogP contribution in [0.25, 0.3) is 0 Å². The Hall–Kier alpha value is -2.15. The normalized spacial score (nSPS) is 21.4. The first-order chi connectivity index (χ1) is 15.7. The van der Waals surface area contributed by atoms with E-state index in [-0.39, 0.29) is 17.6 Å². The third kappa shape index (κ3) is 6.92. The second-order valence-electron chi connectivity index (χ2n) is 9.85. The Labute approximate surface area is 203 Å². The number of hydrogen-bond acceptors (Lipinski definition) is 8. The summed E-state index contributed by atoms with van der Waals surface area (Å²) in [6.45, 7) is 9.20. The van der Waals surface area contributed by atoms with Crippen LogP contribution in [0.1, 0.15) is 79.7 Å². The molecule has 1 saturated heterocycles. The average molecular weight is 489 g/mol. The van der Waals surface area contributed by atoms with E-state index >= 15 is 0 Å². The van der Waals surface area contributed by atoms with Gasteiger partial charge in [0.25, 0.3) is 5.19 Å². The van der Waals surface area contributed by atoms with Gasteiger partial charge in [-0.05, 0) is 78.5 Å².